The standard InChI is InChI=1S/C22H30ClN5O2/c1-22(2,3)30-21(29)25-27-15-12-26(13-16-27)14-17-28(20-6-4-5-11-24-20)19-9-7-18(23)8-10-19/h4-11H,12-17H2,1-3H3,(H,25,29). The Morgan fingerprint density at radius 2 is 1.83 bits per heavy atom. The molecule has 0 radical (unpaired) electrons. The van der Waals surface area contributed by atoms with Crippen molar-refractivity contribution in [3.8, 4) is 0 Å². The number of aromatic nitrogens is 1. The van der Waals surface area contributed by atoms with Gasteiger partial charge in [-0.3, -0.25) is 10.3 Å². The van der Waals surface area contributed by atoms with Gasteiger partial charge in [0.25, 0.3) is 0 Å². The number of amides is 1. The van der Waals surface area contributed by atoms with E-state index in [0.717, 1.165) is 50.8 Å². The molecule has 0 unspecified atom stereocenters. The third-order valence-corrected chi connectivity index (χ3v) is 4.98. The first kappa shape index (κ1) is 22.3. The molecule has 1 saturated heterocycles. The molecule has 0 saturated carbocycles. The van der Waals surface area contributed by atoms with E-state index in [1.54, 1.807) is 6.20 Å². The van der Waals surface area contributed by atoms with E-state index in [2.05, 4.69) is 20.2 Å². The molecule has 0 atom stereocenters. The van der Waals surface area contributed by atoms with Crippen LogP contribution in [0.4, 0.5) is 16.3 Å². The van der Waals surface area contributed by atoms with Crippen molar-refractivity contribution in [1.29, 1.82) is 0 Å². The average Bonchev–Trinajstić information content (AvgIpc) is 2.70. The number of rotatable bonds is 6. The minimum absolute atomic E-state index is 0.403. The minimum Gasteiger partial charge on any atom is -0.443 e. The molecule has 2 heterocycles. The highest BCUT2D eigenvalue weighted by Crippen LogP contribution is 2.24. The Morgan fingerprint density at radius 3 is 2.43 bits per heavy atom. The van der Waals surface area contributed by atoms with Crippen LogP contribution in [0.25, 0.3) is 0 Å². The molecular formula is C22H30ClN5O2. The zero-order valence-electron chi connectivity index (χ0n) is 17.8. The molecule has 1 fully saturated rings. The molecule has 8 heteroatoms. The number of nitrogens with zero attached hydrogens (tertiary/aromatic N) is 4. The average molecular weight is 432 g/mol. The number of hydrogen-bond donors (Lipinski definition) is 1. The van der Waals surface area contributed by atoms with Crippen molar-refractivity contribution in [3.63, 3.8) is 0 Å². The van der Waals surface area contributed by atoms with Crippen molar-refractivity contribution in [2.24, 2.45) is 0 Å². The van der Waals surface area contributed by atoms with Gasteiger partial charge in [0.05, 0.1) is 0 Å². The smallest absolute Gasteiger partial charge is 0.422 e. The van der Waals surface area contributed by atoms with Gasteiger partial charge in [0.1, 0.15) is 11.4 Å². The number of carbonyl (C=O) groups is 1. The van der Waals surface area contributed by atoms with E-state index in [4.69, 9.17) is 16.3 Å². The number of piperazine rings is 1. The largest absolute Gasteiger partial charge is 0.443 e. The molecule has 0 aliphatic carbocycles. The van der Waals surface area contributed by atoms with Crippen LogP contribution in [0.1, 0.15) is 20.8 Å². The summed E-state index contributed by atoms with van der Waals surface area (Å²) in [7, 11) is 0. The predicted molar refractivity (Wildman–Crippen MR) is 120 cm³/mol. The van der Waals surface area contributed by atoms with Crippen LogP contribution in [0.5, 0.6) is 0 Å². The third-order valence-electron chi connectivity index (χ3n) is 4.72. The molecule has 2 aromatic rings. The summed E-state index contributed by atoms with van der Waals surface area (Å²) in [6.45, 7) is 10.5. The maximum atomic E-state index is 11.9. The van der Waals surface area contributed by atoms with E-state index < -0.39 is 11.7 Å². The van der Waals surface area contributed by atoms with E-state index in [0.29, 0.717) is 5.02 Å². The fourth-order valence-electron chi connectivity index (χ4n) is 3.27. The van der Waals surface area contributed by atoms with Gasteiger partial charge in [0, 0.05) is 56.2 Å². The zero-order chi connectivity index (χ0) is 21.6. The van der Waals surface area contributed by atoms with E-state index in [-0.39, 0.29) is 0 Å². The van der Waals surface area contributed by atoms with Gasteiger partial charge < -0.3 is 9.64 Å². The van der Waals surface area contributed by atoms with Crippen molar-refractivity contribution in [2.45, 2.75) is 26.4 Å². The van der Waals surface area contributed by atoms with Crippen LogP contribution >= 0.6 is 11.6 Å². The SMILES string of the molecule is CC(C)(C)OC(=O)NN1CCN(CCN(c2ccc(Cl)cc2)c2ccccn2)CC1. The Balaban J connectivity index is 1.53. The van der Waals surface area contributed by atoms with Gasteiger partial charge in [-0.2, -0.15) is 0 Å². The highest BCUT2D eigenvalue weighted by molar-refractivity contribution is 6.30. The maximum absolute atomic E-state index is 11.9. The number of nitrogens with one attached hydrogen (secondary N) is 1. The second kappa shape index (κ2) is 10.1. The summed E-state index contributed by atoms with van der Waals surface area (Å²) >= 11 is 6.06. The molecule has 1 aliphatic heterocycles. The molecule has 7 nitrogen and oxygen atoms in total. The van der Waals surface area contributed by atoms with Crippen LogP contribution in [0.3, 0.4) is 0 Å². The molecule has 1 aromatic carbocycles. The maximum Gasteiger partial charge on any atom is 0.422 e. The molecule has 0 spiro atoms. The van der Waals surface area contributed by atoms with Crippen molar-refractivity contribution in [3.05, 3.63) is 53.7 Å². The highest BCUT2D eigenvalue weighted by atomic mass is 35.5. The molecule has 162 valence electrons. The van der Waals surface area contributed by atoms with Crippen molar-refractivity contribution < 1.29 is 9.53 Å². The summed E-state index contributed by atoms with van der Waals surface area (Å²) in [6.07, 6.45) is 1.40. The van der Waals surface area contributed by atoms with Gasteiger partial charge >= 0.3 is 6.09 Å². The Kier molecular flexibility index (Phi) is 7.53. The number of pyridine rings is 1. The summed E-state index contributed by atoms with van der Waals surface area (Å²) in [5.41, 5.74) is 3.39. The quantitative estimate of drug-likeness (QED) is 0.747. The van der Waals surface area contributed by atoms with Crippen LogP contribution in [-0.4, -0.2) is 65.9 Å². The molecule has 3 rings (SSSR count). The fraction of sp³-hybridized carbons (Fsp3) is 0.455. The first-order chi connectivity index (χ1) is 14.3. The number of ether oxygens (including phenoxy) is 1. The molecule has 0 bridgehead atoms. The Labute approximate surface area is 183 Å². The molecular weight excluding hydrogens is 402 g/mol. The number of anilines is 2. The van der Waals surface area contributed by atoms with Crippen LogP contribution < -0.4 is 10.3 Å². The van der Waals surface area contributed by atoms with Crippen LogP contribution in [0.2, 0.25) is 5.02 Å². The monoisotopic (exact) mass is 431 g/mol. The summed E-state index contributed by atoms with van der Waals surface area (Å²) in [4.78, 5) is 21.1. The summed E-state index contributed by atoms with van der Waals surface area (Å²) in [5, 5.41) is 2.63. The van der Waals surface area contributed by atoms with Crippen LogP contribution in [0.15, 0.2) is 48.7 Å². The van der Waals surface area contributed by atoms with Gasteiger partial charge in [-0.25, -0.2) is 14.8 Å². The Morgan fingerprint density at radius 1 is 1.13 bits per heavy atom. The van der Waals surface area contributed by atoms with Gasteiger partial charge in [-0.05, 0) is 57.2 Å². The number of carbonyl (C=O) groups excluding carboxylic acids is 1. The normalized spacial score (nSPS) is 15.6. The van der Waals surface area contributed by atoms with Gasteiger partial charge in [-0.1, -0.05) is 17.7 Å². The van der Waals surface area contributed by atoms with Gasteiger partial charge in [0.2, 0.25) is 0 Å². The van der Waals surface area contributed by atoms with Crippen molar-refractivity contribution >= 4 is 29.2 Å². The summed E-state index contributed by atoms with van der Waals surface area (Å²) in [6, 6.07) is 13.7. The van der Waals surface area contributed by atoms with Crippen LogP contribution in [0, 0.1) is 0 Å². The number of hydrazine groups is 1. The predicted octanol–water partition coefficient (Wildman–Crippen LogP) is 3.93. The van der Waals surface area contributed by atoms with E-state index >= 15 is 0 Å². The fourth-order valence-corrected chi connectivity index (χ4v) is 3.39. The van der Waals surface area contributed by atoms with E-state index in [9.17, 15) is 4.79 Å². The van der Waals surface area contributed by atoms with E-state index in [1.807, 2.05) is 68.2 Å². The molecule has 1 aromatic heterocycles. The third kappa shape index (κ3) is 6.86. The zero-order valence-corrected chi connectivity index (χ0v) is 18.6. The lowest BCUT2D eigenvalue weighted by Gasteiger charge is -2.36. The first-order valence-electron chi connectivity index (χ1n) is 10.2. The van der Waals surface area contributed by atoms with Gasteiger partial charge in [0.15, 0.2) is 0 Å². The lowest BCUT2D eigenvalue weighted by molar-refractivity contribution is 0.0224. The Bertz CT molecular complexity index is 803. The minimum atomic E-state index is -0.498. The topological polar surface area (TPSA) is 60.9 Å². The van der Waals surface area contributed by atoms with Crippen molar-refractivity contribution in [1.82, 2.24) is 20.3 Å². The number of hydrogen-bond acceptors (Lipinski definition) is 6. The Hall–Kier alpha value is -2.35. The second-order valence-corrected chi connectivity index (χ2v) is 8.69. The molecule has 1 N–H and O–H groups in total. The molecule has 1 amide bonds. The lowest BCUT2D eigenvalue weighted by Crippen LogP contribution is -2.55. The second-order valence-electron chi connectivity index (χ2n) is 8.26. The molecule has 1 aliphatic rings. The molecule has 30 heavy (non-hydrogen) atoms. The van der Waals surface area contributed by atoms with E-state index in [1.165, 1.54) is 0 Å². The van der Waals surface area contributed by atoms with Gasteiger partial charge in [-0.15, -0.1) is 0 Å². The van der Waals surface area contributed by atoms with Crippen molar-refractivity contribution in [2.75, 3.05) is 44.2 Å². The summed E-state index contributed by atoms with van der Waals surface area (Å²) < 4.78 is 5.32. The first-order valence-corrected chi connectivity index (χ1v) is 10.6. The van der Waals surface area contributed by atoms with Crippen LogP contribution in [-0.2, 0) is 4.74 Å². The lowest BCUT2D eigenvalue weighted by atomic mass is 10.2. The number of benzene rings is 1. The highest BCUT2D eigenvalue weighted by Gasteiger charge is 2.22. The number of halogens is 1. The summed E-state index contributed by atoms with van der Waals surface area (Å²) in [5.74, 6) is 0.907.